The number of hydrogen-bond acceptors (Lipinski definition) is 6. The molecule has 0 bridgehead atoms. The Bertz CT molecular complexity index is 824. The van der Waals surface area contributed by atoms with Gasteiger partial charge in [-0.15, -0.1) is 0 Å². The largest absolute Gasteiger partial charge is 0.338 e. The molecule has 1 aliphatic heterocycles. The minimum atomic E-state index is -3.45. The fraction of sp³-hybridized carbons (Fsp3) is 0.500. The number of aromatic nitrogens is 2. The lowest BCUT2D eigenvalue weighted by Crippen LogP contribution is -2.48. The molecule has 8 heteroatoms. The van der Waals surface area contributed by atoms with Crippen molar-refractivity contribution in [2.75, 3.05) is 26.2 Å². The van der Waals surface area contributed by atoms with Crippen molar-refractivity contribution in [3.63, 3.8) is 0 Å². The van der Waals surface area contributed by atoms with Crippen LogP contribution in [0.1, 0.15) is 22.8 Å². The quantitative estimate of drug-likeness (QED) is 0.831. The van der Waals surface area contributed by atoms with Crippen LogP contribution in [-0.2, 0) is 16.6 Å². The number of rotatable bonds is 4. The van der Waals surface area contributed by atoms with Crippen LogP contribution in [0.25, 0.3) is 0 Å². The van der Waals surface area contributed by atoms with E-state index in [9.17, 15) is 8.42 Å². The fourth-order valence-electron chi connectivity index (χ4n) is 2.85. The first kappa shape index (κ1) is 17.1. The monoisotopic (exact) mass is 350 g/mol. The minimum Gasteiger partial charge on any atom is -0.338 e. The number of benzene rings is 1. The van der Waals surface area contributed by atoms with E-state index in [1.54, 1.807) is 17.3 Å². The summed E-state index contributed by atoms with van der Waals surface area (Å²) in [6.45, 7) is 8.28. The predicted molar refractivity (Wildman–Crippen MR) is 89.0 cm³/mol. The highest BCUT2D eigenvalue weighted by atomic mass is 32.2. The zero-order valence-corrected chi connectivity index (χ0v) is 15.0. The Hall–Kier alpha value is -1.77. The zero-order chi connectivity index (χ0) is 17.3. The minimum absolute atomic E-state index is 0.406. The molecule has 0 N–H and O–H groups in total. The molecule has 1 aliphatic rings. The first-order valence-electron chi connectivity index (χ1n) is 7.95. The number of piperazine rings is 1. The van der Waals surface area contributed by atoms with Gasteiger partial charge in [-0.1, -0.05) is 17.3 Å². The van der Waals surface area contributed by atoms with Gasteiger partial charge in [-0.05, 0) is 38.0 Å². The van der Waals surface area contributed by atoms with E-state index in [2.05, 4.69) is 15.0 Å². The number of hydrogen-bond donors (Lipinski definition) is 0. The summed E-state index contributed by atoms with van der Waals surface area (Å²) in [5.41, 5.74) is 1.73. The third kappa shape index (κ3) is 3.50. The van der Waals surface area contributed by atoms with Crippen LogP contribution in [0.4, 0.5) is 0 Å². The van der Waals surface area contributed by atoms with Gasteiger partial charge >= 0.3 is 0 Å². The Labute approximate surface area is 142 Å². The summed E-state index contributed by atoms with van der Waals surface area (Å²) < 4.78 is 32.5. The predicted octanol–water partition coefficient (Wildman–Crippen LogP) is 1.50. The summed E-state index contributed by atoms with van der Waals surface area (Å²) in [6, 6.07) is 5.54. The van der Waals surface area contributed by atoms with Crippen molar-refractivity contribution in [1.82, 2.24) is 19.3 Å². The van der Waals surface area contributed by atoms with Gasteiger partial charge in [0.1, 0.15) is 0 Å². The molecule has 1 saturated heterocycles. The maximum absolute atomic E-state index is 12.9. The van der Waals surface area contributed by atoms with Crippen LogP contribution in [0, 0.1) is 20.8 Å². The second-order valence-electron chi connectivity index (χ2n) is 6.18. The highest BCUT2D eigenvalue weighted by molar-refractivity contribution is 7.89. The lowest BCUT2D eigenvalue weighted by Gasteiger charge is -2.33. The van der Waals surface area contributed by atoms with Crippen LogP contribution in [0.5, 0.6) is 0 Å². The molecule has 7 nitrogen and oxygen atoms in total. The molecule has 3 rings (SSSR count). The molecule has 0 saturated carbocycles. The van der Waals surface area contributed by atoms with E-state index in [-0.39, 0.29) is 0 Å². The zero-order valence-electron chi connectivity index (χ0n) is 14.2. The molecule has 0 radical (unpaired) electrons. The molecule has 0 amide bonds. The summed E-state index contributed by atoms with van der Waals surface area (Å²) in [5.74, 6) is 1.18. The Morgan fingerprint density at radius 2 is 1.83 bits per heavy atom. The summed E-state index contributed by atoms with van der Waals surface area (Å²) in [6.07, 6.45) is 0. The SMILES string of the molecule is Cc1ccc(C)c(S(=O)(=O)N2CCN(Cc3nc(C)no3)CC2)c1. The van der Waals surface area contributed by atoms with E-state index < -0.39 is 10.0 Å². The Balaban J connectivity index is 1.68. The molecule has 0 spiro atoms. The molecule has 0 unspecified atom stereocenters. The van der Waals surface area contributed by atoms with Gasteiger partial charge < -0.3 is 4.52 Å². The van der Waals surface area contributed by atoms with Gasteiger partial charge in [0.15, 0.2) is 5.82 Å². The molecule has 130 valence electrons. The lowest BCUT2D eigenvalue weighted by molar-refractivity contribution is 0.163. The van der Waals surface area contributed by atoms with Crippen molar-refractivity contribution in [2.45, 2.75) is 32.2 Å². The van der Waals surface area contributed by atoms with Crippen molar-refractivity contribution in [2.24, 2.45) is 0 Å². The van der Waals surface area contributed by atoms with Crippen LogP contribution in [0.3, 0.4) is 0 Å². The van der Waals surface area contributed by atoms with Crippen LogP contribution in [-0.4, -0.2) is 53.9 Å². The van der Waals surface area contributed by atoms with Gasteiger partial charge in [0.2, 0.25) is 15.9 Å². The molecule has 2 aromatic rings. The van der Waals surface area contributed by atoms with E-state index in [0.29, 0.717) is 49.3 Å². The molecule has 0 atom stereocenters. The van der Waals surface area contributed by atoms with Crippen LogP contribution in [0.2, 0.25) is 0 Å². The third-order valence-electron chi connectivity index (χ3n) is 4.22. The topological polar surface area (TPSA) is 79.5 Å². The molecule has 24 heavy (non-hydrogen) atoms. The van der Waals surface area contributed by atoms with Gasteiger partial charge in [-0.3, -0.25) is 4.90 Å². The van der Waals surface area contributed by atoms with E-state index >= 15 is 0 Å². The van der Waals surface area contributed by atoms with Crippen molar-refractivity contribution in [3.8, 4) is 0 Å². The summed E-state index contributed by atoms with van der Waals surface area (Å²) in [7, 11) is -3.45. The molecular formula is C16H22N4O3S. The van der Waals surface area contributed by atoms with Crippen molar-refractivity contribution in [3.05, 3.63) is 41.0 Å². The fourth-order valence-corrected chi connectivity index (χ4v) is 4.58. The maximum Gasteiger partial charge on any atom is 0.243 e. The molecule has 1 fully saturated rings. The highest BCUT2D eigenvalue weighted by Gasteiger charge is 2.30. The van der Waals surface area contributed by atoms with Crippen molar-refractivity contribution in [1.29, 1.82) is 0 Å². The average Bonchev–Trinajstić information content (AvgIpc) is 2.95. The van der Waals surface area contributed by atoms with Gasteiger partial charge in [-0.2, -0.15) is 9.29 Å². The first-order chi connectivity index (χ1) is 11.4. The third-order valence-corrected chi connectivity index (χ3v) is 6.26. The van der Waals surface area contributed by atoms with E-state index in [4.69, 9.17) is 4.52 Å². The highest BCUT2D eigenvalue weighted by Crippen LogP contribution is 2.22. The van der Waals surface area contributed by atoms with Gasteiger partial charge in [0.25, 0.3) is 0 Å². The molecular weight excluding hydrogens is 328 g/mol. The first-order valence-corrected chi connectivity index (χ1v) is 9.39. The second-order valence-corrected chi connectivity index (χ2v) is 8.09. The molecule has 1 aromatic heterocycles. The van der Waals surface area contributed by atoms with Crippen LogP contribution < -0.4 is 0 Å². The van der Waals surface area contributed by atoms with E-state index in [1.165, 1.54) is 0 Å². The second kappa shape index (κ2) is 6.62. The molecule has 0 aliphatic carbocycles. The summed E-state index contributed by atoms with van der Waals surface area (Å²) in [4.78, 5) is 6.72. The number of aryl methyl sites for hydroxylation is 3. The average molecular weight is 350 g/mol. The number of sulfonamides is 1. The summed E-state index contributed by atoms with van der Waals surface area (Å²) >= 11 is 0. The van der Waals surface area contributed by atoms with Gasteiger partial charge in [0.05, 0.1) is 11.4 Å². The Kier molecular flexibility index (Phi) is 4.71. The lowest BCUT2D eigenvalue weighted by atomic mass is 10.2. The van der Waals surface area contributed by atoms with Crippen molar-refractivity contribution < 1.29 is 12.9 Å². The standard InChI is InChI=1S/C16H22N4O3S/c1-12-4-5-13(2)15(10-12)24(21,22)20-8-6-19(7-9-20)11-16-17-14(3)18-23-16/h4-5,10H,6-9,11H2,1-3H3. The van der Waals surface area contributed by atoms with Crippen LogP contribution >= 0.6 is 0 Å². The van der Waals surface area contributed by atoms with Gasteiger partial charge in [0, 0.05) is 26.2 Å². The maximum atomic E-state index is 12.9. The summed E-state index contributed by atoms with van der Waals surface area (Å²) in [5, 5.41) is 3.77. The van der Waals surface area contributed by atoms with Crippen LogP contribution in [0.15, 0.2) is 27.6 Å². The smallest absolute Gasteiger partial charge is 0.243 e. The normalized spacial score (nSPS) is 17.3. The number of nitrogens with zero attached hydrogens (tertiary/aromatic N) is 4. The Morgan fingerprint density at radius 1 is 1.12 bits per heavy atom. The van der Waals surface area contributed by atoms with Crippen molar-refractivity contribution >= 4 is 10.0 Å². The molecule has 1 aromatic carbocycles. The molecule has 2 heterocycles. The van der Waals surface area contributed by atoms with Gasteiger partial charge in [-0.25, -0.2) is 8.42 Å². The van der Waals surface area contributed by atoms with E-state index in [1.807, 2.05) is 26.0 Å². The van der Waals surface area contributed by atoms with E-state index in [0.717, 1.165) is 11.1 Å². The Morgan fingerprint density at radius 3 is 2.46 bits per heavy atom.